The molecule has 2 aliphatic rings. The van der Waals surface area contributed by atoms with Crippen LogP contribution < -0.4 is 10.1 Å². The van der Waals surface area contributed by atoms with Crippen LogP contribution in [-0.4, -0.2) is 24.0 Å². The van der Waals surface area contributed by atoms with Gasteiger partial charge in [-0.1, -0.05) is 97.1 Å². The van der Waals surface area contributed by atoms with Crippen LogP contribution >= 0.6 is 0 Å². The summed E-state index contributed by atoms with van der Waals surface area (Å²) in [5.74, 6) is -0.0200. The quantitative estimate of drug-likeness (QED) is 0.340. The van der Waals surface area contributed by atoms with Crippen LogP contribution in [0.2, 0.25) is 0 Å². The summed E-state index contributed by atoms with van der Waals surface area (Å²) >= 11 is 0. The molecule has 3 atom stereocenters. The standard InChI is InChI=1S/C30H26N2O3/c33-28(23-13-5-1-6-14-23)27-21-30(32(34-27)26-19-11-4-12-20-26)22-31(25-17-9-3-10-18-25)35-29(30)24-15-7-2-8-16-24/h1-20,27,29H,21-22H2/t27?,29-,30-/m0/s1. The lowest BCUT2D eigenvalue weighted by molar-refractivity contribution is 0.0355. The van der Waals surface area contributed by atoms with Crippen LogP contribution in [0.15, 0.2) is 121 Å². The second kappa shape index (κ2) is 9.02. The van der Waals surface area contributed by atoms with E-state index in [0.29, 0.717) is 18.5 Å². The predicted octanol–water partition coefficient (Wildman–Crippen LogP) is 6.01. The van der Waals surface area contributed by atoms with Crippen LogP contribution in [0, 0.1) is 0 Å². The van der Waals surface area contributed by atoms with E-state index < -0.39 is 11.6 Å². The molecule has 4 aromatic rings. The van der Waals surface area contributed by atoms with E-state index in [9.17, 15) is 4.79 Å². The normalized spacial score (nSPS) is 23.7. The van der Waals surface area contributed by atoms with E-state index in [4.69, 9.17) is 9.68 Å². The second-order valence-electron chi connectivity index (χ2n) is 9.03. The average molecular weight is 463 g/mol. The Bertz CT molecular complexity index is 1280. The number of nitrogens with zero attached hydrogens (tertiary/aromatic N) is 2. The fourth-order valence-corrected chi connectivity index (χ4v) is 5.17. The highest BCUT2D eigenvalue weighted by Gasteiger charge is 2.60. The van der Waals surface area contributed by atoms with Gasteiger partial charge in [-0.25, -0.2) is 5.06 Å². The number of carbonyl (C=O) groups is 1. The Balaban J connectivity index is 1.46. The maximum Gasteiger partial charge on any atom is 0.194 e. The molecular weight excluding hydrogens is 436 g/mol. The molecule has 0 aromatic heterocycles. The number of Topliss-reactive ketones (excluding diaryl/α,β-unsaturated/α-hetero) is 1. The van der Waals surface area contributed by atoms with Crippen LogP contribution in [0.5, 0.6) is 0 Å². The van der Waals surface area contributed by atoms with Gasteiger partial charge in [0.2, 0.25) is 0 Å². The van der Waals surface area contributed by atoms with Crippen LogP contribution in [0.1, 0.15) is 28.4 Å². The van der Waals surface area contributed by atoms with Gasteiger partial charge in [-0.2, -0.15) is 0 Å². The van der Waals surface area contributed by atoms with Crippen molar-refractivity contribution in [1.29, 1.82) is 0 Å². The first-order valence-corrected chi connectivity index (χ1v) is 11.9. The number of hydrogen-bond donors (Lipinski definition) is 0. The van der Waals surface area contributed by atoms with Gasteiger partial charge in [0.15, 0.2) is 11.9 Å². The van der Waals surface area contributed by atoms with Gasteiger partial charge in [-0.3, -0.25) is 19.5 Å². The van der Waals surface area contributed by atoms with Crippen molar-refractivity contribution in [3.05, 3.63) is 132 Å². The first-order chi connectivity index (χ1) is 17.2. The number of benzene rings is 4. The van der Waals surface area contributed by atoms with Gasteiger partial charge < -0.3 is 0 Å². The van der Waals surface area contributed by atoms with Crippen LogP contribution in [0.4, 0.5) is 11.4 Å². The number of hydroxylamine groups is 2. The molecular formula is C30H26N2O3. The Kier molecular flexibility index (Phi) is 5.57. The zero-order valence-corrected chi connectivity index (χ0v) is 19.2. The Morgan fingerprint density at radius 1 is 0.686 bits per heavy atom. The Morgan fingerprint density at radius 2 is 1.23 bits per heavy atom. The fourth-order valence-electron chi connectivity index (χ4n) is 5.17. The van der Waals surface area contributed by atoms with E-state index in [-0.39, 0.29) is 11.9 Å². The molecule has 4 aromatic carbocycles. The molecule has 0 saturated carbocycles. The largest absolute Gasteiger partial charge is 0.291 e. The highest BCUT2D eigenvalue weighted by Crippen LogP contribution is 2.51. The molecule has 6 rings (SSSR count). The monoisotopic (exact) mass is 462 g/mol. The fraction of sp³-hybridized carbons (Fsp3) is 0.167. The maximum atomic E-state index is 13.6. The number of carbonyl (C=O) groups excluding carboxylic acids is 1. The Hall–Kier alpha value is -3.93. The summed E-state index contributed by atoms with van der Waals surface area (Å²) in [4.78, 5) is 26.7. The zero-order chi connectivity index (χ0) is 23.7. The summed E-state index contributed by atoms with van der Waals surface area (Å²) in [6.07, 6.45) is -0.459. The molecule has 0 radical (unpaired) electrons. The number of anilines is 2. The molecule has 0 bridgehead atoms. The highest BCUT2D eigenvalue weighted by atomic mass is 16.7. The summed E-state index contributed by atoms with van der Waals surface area (Å²) in [6, 6.07) is 39.6. The molecule has 2 heterocycles. The van der Waals surface area contributed by atoms with Crippen molar-refractivity contribution in [2.45, 2.75) is 24.2 Å². The van der Waals surface area contributed by atoms with Crippen LogP contribution in [0.3, 0.4) is 0 Å². The van der Waals surface area contributed by atoms with E-state index in [1.165, 1.54) is 0 Å². The minimum atomic E-state index is -0.622. The minimum absolute atomic E-state index is 0.0200. The molecule has 0 amide bonds. The molecule has 35 heavy (non-hydrogen) atoms. The number of para-hydroxylation sites is 2. The van der Waals surface area contributed by atoms with Gasteiger partial charge in [-0.15, -0.1) is 0 Å². The molecule has 1 unspecified atom stereocenters. The lowest BCUT2D eigenvalue weighted by atomic mass is 9.82. The third-order valence-electron chi connectivity index (χ3n) is 6.80. The van der Waals surface area contributed by atoms with Crippen molar-refractivity contribution < 1.29 is 14.5 Å². The molecule has 0 aliphatic carbocycles. The molecule has 2 aliphatic heterocycles. The summed E-state index contributed by atoms with van der Waals surface area (Å²) in [6.45, 7) is 0.546. The third kappa shape index (κ3) is 3.89. The van der Waals surface area contributed by atoms with Gasteiger partial charge in [0.1, 0.15) is 11.6 Å². The van der Waals surface area contributed by atoms with E-state index in [2.05, 4.69) is 12.1 Å². The molecule has 2 fully saturated rings. The molecule has 174 valence electrons. The number of rotatable bonds is 5. The molecule has 2 saturated heterocycles. The van der Waals surface area contributed by atoms with Crippen molar-refractivity contribution in [2.75, 3.05) is 16.7 Å². The predicted molar refractivity (Wildman–Crippen MR) is 136 cm³/mol. The number of ketones is 1. The zero-order valence-electron chi connectivity index (χ0n) is 19.2. The van der Waals surface area contributed by atoms with E-state index in [1.807, 2.05) is 119 Å². The molecule has 0 N–H and O–H groups in total. The maximum absolute atomic E-state index is 13.6. The summed E-state index contributed by atoms with van der Waals surface area (Å²) in [5, 5.41) is 3.87. The van der Waals surface area contributed by atoms with Crippen LogP contribution in [-0.2, 0) is 9.68 Å². The van der Waals surface area contributed by atoms with Gasteiger partial charge in [-0.05, 0) is 29.8 Å². The lowest BCUT2D eigenvalue weighted by Gasteiger charge is -2.36. The van der Waals surface area contributed by atoms with E-state index in [1.54, 1.807) is 0 Å². The van der Waals surface area contributed by atoms with Crippen molar-refractivity contribution in [3.63, 3.8) is 0 Å². The van der Waals surface area contributed by atoms with Crippen molar-refractivity contribution >= 4 is 17.2 Å². The van der Waals surface area contributed by atoms with Gasteiger partial charge in [0, 0.05) is 12.0 Å². The molecule has 5 nitrogen and oxygen atoms in total. The van der Waals surface area contributed by atoms with Crippen molar-refractivity contribution in [3.8, 4) is 0 Å². The van der Waals surface area contributed by atoms with Gasteiger partial charge in [0.05, 0.1) is 17.9 Å². The Morgan fingerprint density at radius 3 is 1.86 bits per heavy atom. The minimum Gasteiger partial charge on any atom is -0.291 e. The topological polar surface area (TPSA) is 42.0 Å². The molecule has 5 heteroatoms. The van der Waals surface area contributed by atoms with Gasteiger partial charge >= 0.3 is 0 Å². The molecule has 1 spiro atoms. The van der Waals surface area contributed by atoms with E-state index >= 15 is 0 Å². The van der Waals surface area contributed by atoms with E-state index in [0.717, 1.165) is 16.9 Å². The van der Waals surface area contributed by atoms with Crippen LogP contribution in [0.25, 0.3) is 0 Å². The Labute approximate surface area is 205 Å². The second-order valence-corrected chi connectivity index (χ2v) is 9.03. The first kappa shape index (κ1) is 21.6. The highest BCUT2D eigenvalue weighted by molar-refractivity contribution is 6.00. The van der Waals surface area contributed by atoms with Gasteiger partial charge in [0.25, 0.3) is 0 Å². The third-order valence-corrected chi connectivity index (χ3v) is 6.80. The summed E-state index contributed by atoms with van der Waals surface area (Å²) < 4.78 is 0. The lowest BCUT2D eigenvalue weighted by Crippen LogP contribution is -2.49. The number of hydrogen-bond acceptors (Lipinski definition) is 5. The first-order valence-electron chi connectivity index (χ1n) is 11.9. The van der Waals surface area contributed by atoms with Crippen molar-refractivity contribution in [1.82, 2.24) is 0 Å². The summed E-state index contributed by atoms with van der Waals surface area (Å²) in [5.41, 5.74) is 2.94. The SMILES string of the molecule is O=C(c1ccccc1)C1C[C@@]2(CN(c3ccccc3)O[C@H]2c2ccccc2)N(c2ccccc2)O1. The smallest absolute Gasteiger partial charge is 0.194 e. The van der Waals surface area contributed by atoms with Crippen molar-refractivity contribution in [2.24, 2.45) is 0 Å². The average Bonchev–Trinajstić information content (AvgIpc) is 3.52. The summed E-state index contributed by atoms with van der Waals surface area (Å²) in [7, 11) is 0.